The number of rotatable bonds is 4. The SMILES string of the molecule is Fc1ccccc1CSc1ccc(-c2ccc3c(c2)OCO3)nn1. The molecule has 0 amide bonds. The van der Waals surface area contributed by atoms with Crippen LogP contribution in [-0.2, 0) is 5.75 Å². The van der Waals surface area contributed by atoms with Gasteiger partial charge in [0.25, 0.3) is 0 Å². The fourth-order valence-corrected chi connectivity index (χ4v) is 3.17. The average Bonchev–Trinajstić information content (AvgIpc) is 3.09. The summed E-state index contributed by atoms with van der Waals surface area (Å²) in [6.45, 7) is 0.246. The van der Waals surface area contributed by atoms with Gasteiger partial charge >= 0.3 is 0 Å². The van der Waals surface area contributed by atoms with E-state index in [9.17, 15) is 4.39 Å². The van der Waals surface area contributed by atoms with E-state index in [1.54, 1.807) is 12.1 Å². The van der Waals surface area contributed by atoms with Crippen molar-refractivity contribution in [1.82, 2.24) is 10.2 Å². The highest BCUT2D eigenvalue weighted by atomic mass is 32.2. The van der Waals surface area contributed by atoms with Gasteiger partial charge in [-0.2, -0.15) is 0 Å². The molecule has 0 saturated heterocycles. The van der Waals surface area contributed by atoms with Crippen molar-refractivity contribution in [1.29, 1.82) is 0 Å². The second kappa shape index (κ2) is 6.49. The quantitative estimate of drug-likeness (QED) is 0.663. The standard InChI is InChI=1S/C18H13FN2O2S/c19-14-4-2-1-3-13(14)10-24-18-8-6-15(20-21-18)12-5-7-16-17(9-12)23-11-22-16/h1-9H,10-11H2. The van der Waals surface area contributed by atoms with E-state index >= 15 is 0 Å². The molecule has 3 aromatic rings. The monoisotopic (exact) mass is 340 g/mol. The van der Waals surface area contributed by atoms with Gasteiger partial charge in [-0.25, -0.2) is 4.39 Å². The molecule has 0 atom stereocenters. The predicted octanol–water partition coefficient (Wildman–Crippen LogP) is 4.30. The summed E-state index contributed by atoms with van der Waals surface area (Å²) in [6, 6.07) is 16.2. The van der Waals surface area contributed by atoms with Gasteiger partial charge < -0.3 is 9.47 Å². The topological polar surface area (TPSA) is 44.2 Å². The zero-order valence-electron chi connectivity index (χ0n) is 12.6. The van der Waals surface area contributed by atoms with E-state index in [1.165, 1.54) is 17.8 Å². The van der Waals surface area contributed by atoms with Crippen molar-refractivity contribution in [2.45, 2.75) is 10.8 Å². The first-order valence-electron chi connectivity index (χ1n) is 7.39. The molecule has 1 aromatic heterocycles. The first kappa shape index (κ1) is 15.0. The van der Waals surface area contributed by atoms with Crippen LogP contribution in [0.15, 0.2) is 59.6 Å². The van der Waals surface area contributed by atoms with E-state index in [-0.39, 0.29) is 12.6 Å². The molecule has 2 aromatic carbocycles. The van der Waals surface area contributed by atoms with Gasteiger partial charge in [0.1, 0.15) is 10.8 Å². The van der Waals surface area contributed by atoms with E-state index in [0.717, 1.165) is 22.0 Å². The minimum atomic E-state index is -0.199. The number of aromatic nitrogens is 2. The van der Waals surface area contributed by atoms with E-state index in [4.69, 9.17) is 9.47 Å². The number of hydrogen-bond donors (Lipinski definition) is 0. The van der Waals surface area contributed by atoms with Crippen LogP contribution in [0.2, 0.25) is 0 Å². The number of ether oxygens (including phenoxy) is 2. The Bertz CT molecular complexity index is 871. The van der Waals surface area contributed by atoms with Crippen LogP contribution in [0.25, 0.3) is 11.3 Å². The molecule has 0 radical (unpaired) electrons. The van der Waals surface area contributed by atoms with Crippen LogP contribution in [0.1, 0.15) is 5.56 Å². The minimum absolute atomic E-state index is 0.199. The minimum Gasteiger partial charge on any atom is -0.454 e. The molecule has 1 aliphatic rings. The Morgan fingerprint density at radius 3 is 2.67 bits per heavy atom. The van der Waals surface area contributed by atoms with Crippen molar-refractivity contribution in [3.8, 4) is 22.8 Å². The summed E-state index contributed by atoms with van der Waals surface area (Å²) in [5, 5.41) is 9.21. The first-order valence-corrected chi connectivity index (χ1v) is 8.38. The highest BCUT2D eigenvalue weighted by molar-refractivity contribution is 7.98. The normalized spacial score (nSPS) is 12.4. The molecule has 0 aliphatic carbocycles. The highest BCUT2D eigenvalue weighted by Crippen LogP contribution is 2.35. The largest absolute Gasteiger partial charge is 0.454 e. The molecule has 2 heterocycles. The maximum Gasteiger partial charge on any atom is 0.231 e. The zero-order valence-corrected chi connectivity index (χ0v) is 13.4. The molecule has 6 heteroatoms. The lowest BCUT2D eigenvalue weighted by atomic mass is 10.1. The summed E-state index contributed by atoms with van der Waals surface area (Å²) in [5.74, 6) is 1.77. The van der Waals surface area contributed by atoms with Gasteiger partial charge in [0.15, 0.2) is 11.5 Å². The molecule has 0 spiro atoms. The third-order valence-electron chi connectivity index (χ3n) is 3.64. The maximum atomic E-state index is 13.6. The Morgan fingerprint density at radius 1 is 0.958 bits per heavy atom. The molecule has 0 saturated carbocycles. The molecule has 120 valence electrons. The number of nitrogens with zero attached hydrogens (tertiary/aromatic N) is 2. The Kier molecular flexibility index (Phi) is 4.04. The Hall–Kier alpha value is -2.60. The second-order valence-corrected chi connectivity index (χ2v) is 6.20. The number of halogens is 1. The first-order chi connectivity index (χ1) is 11.8. The fraction of sp³-hybridized carbons (Fsp3) is 0.111. The van der Waals surface area contributed by atoms with Crippen LogP contribution in [0.3, 0.4) is 0 Å². The Balaban J connectivity index is 1.48. The summed E-state index contributed by atoms with van der Waals surface area (Å²) in [7, 11) is 0. The van der Waals surface area contributed by atoms with Gasteiger partial charge in [-0.05, 0) is 42.0 Å². The van der Waals surface area contributed by atoms with Crippen LogP contribution in [-0.4, -0.2) is 17.0 Å². The predicted molar refractivity (Wildman–Crippen MR) is 89.6 cm³/mol. The Labute approximate surface area is 142 Å². The molecular weight excluding hydrogens is 327 g/mol. The summed E-state index contributed by atoms with van der Waals surface area (Å²) in [6.07, 6.45) is 0. The highest BCUT2D eigenvalue weighted by Gasteiger charge is 2.14. The smallest absolute Gasteiger partial charge is 0.231 e. The zero-order chi connectivity index (χ0) is 16.4. The molecule has 4 nitrogen and oxygen atoms in total. The van der Waals surface area contributed by atoms with Crippen LogP contribution < -0.4 is 9.47 Å². The van der Waals surface area contributed by atoms with Crippen LogP contribution >= 0.6 is 11.8 Å². The van der Waals surface area contributed by atoms with Crippen molar-refractivity contribution < 1.29 is 13.9 Å². The summed E-state index contributed by atoms with van der Waals surface area (Å²) in [4.78, 5) is 0. The van der Waals surface area contributed by atoms with Gasteiger partial charge in [-0.1, -0.05) is 30.0 Å². The summed E-state index contributed by atoms with van der Waals surface area (Å²) < 4.78 is 24.3. The van der Waals surface area contributed by atoms with Gasteiger partial charge in [-0.3, -0.25) is 0 Å². The van der Waals surface area contributed by atoms with E-state index in [2.05, 4.69) is 10.2 Å². The lowest BCUT2D eigenvalue weighted by molar-refractivity contribution is 0.174. The molecular formula is C18H13FN2O2S. The van der Waals surface area contributed by atoms with Gasteiger partial charge in [0, 0.05) is 11.3 Å². The maximum absolute atomic E-state index is 13.6. The lowest BCUT2D eigenvalue weighted by Crippen LogP contribution is -1.93. The van der Waals surface area contributed by atoms with Crippen molar-refractivity contribution in [3.63, 3.8) is 0 Å². The molecule has 1 aliphatic heterocycles. The summed E-state index contributed by atoms with van der Waals surface area (Å²) in [5.41, 5.74) is 2.32. The third kappa shape index (κ3) is 3.05. The van der Waals surface area contributed by atoms with Gasteiger partial charge in [0.05, 0.1) is 5.69 Å². The average molecular weight is 340 g/mol. The van der Waals surface area contributed by atoms with Crippen molar-refractivity contribution in [2.75, 3.05) is 6.79 Å². The number of hydrogen-bond acceptors (Lipinski definition) is 5. The number of benzene rings is 2. The van der Waals surface area contributed by atoms with Crippen LogP contribution in [0.4, 0.5) is 4.39 Å². The van der Waals surface area contributed by atoms with Gasteiger partial charge in [0.2, 0.25) is 6.79 Å². The van der Waals surface area contributed by atoms with Crippen molar-refractivity contribution in [3.05, 3.63) is 66.0 Å². The van der Waals surface area contributed by atoms with Crippen molar-refractivity contribution in [2.24, 2.45) is 0 Å². The van der Waals surface area contributed by atoms with E-state index < -0.39 is 0 Å². The molecule has 24 heavy (non-hydrogen) atoms. The lowest BCUT2D eigenvalue weighted by Gasteiger charge is -2.04. The second-order valence-electron chi connectivity index (χ2n) is 5.20. The number of fused-ring (bicyclic) bond motifs is 1. The summed E-state index contributed by atoms with van der Waals surface area (Å²) >= 11 is 1.45. The molecule has 0 fully saturated rings. The molecule has 0 bridgehead atoms. The van der Waals surface area contributed by atoms with E-state index in [1.807, 2.05) is 36.4 Å². The van der Waals surface area contributed by atoms with E-state index in [0.29, 0.717) is 17.1 Å². The fourth-order valence-electron chi connectivity index (χ4n) is 2.37. The van der Waals surface area contributed by atoms with Gasteiger partial charge in [-0.15, -0.1) is 10.2 Å². The molecule has 4 rings (SSSR count). The molecule has 0 unspecified atom stereocenters. The third-order valence-corrected chi connectivity index (χ3v) is 4.61. The Morgan fingerprint density at radius 2 is 1.83 bits per heavy atom. The van der Waals surface area contributed by atoms with Crippen LogP contribution in [0.5, 0.6) is 11.5 Å². The number of thioether (sulfide) groups is 1. The van der Waals surface area contributed by atoms with Crippen LogP contribution in [0, 0.1) is 5.82 Å². The van der Waals surface area contributed by atoms with Crippen molar-refractivity contribution >= 4 is 11.8 Å². The molecule has 0 N–H and O–H groups in total.